The summed E-state index contributed by atoms with van der Waals surface area (Å²) in [6.45, 7) is 3.68. The lowest BCUT2D eigenvalue weighted by atomic mass is 10.0. The van der Waals surface area contributed by atoms with Crippen LogP contribution in [0.4, 0.5) is 0 Å². The van der Waals surface area contributed by atoms with Crippen molar-refractivity contribution in [3.63, 3.8) is 0 Å². The van der Waals surface area contributed by atoms with Gasteiger partial charge in [0.1, 0.15) is 6.61 Å². The molecular formula is C86H152NO8P. The zero-order chi connectivity index (χ0) is 69.3. The Labute approximate surface area is 593 Å². The van der Waals surface area contributed by atoms with E-state index < -0.39 is 26.5 Å². The molecule has 0 aliphatic carbocycles. The lowest BCUT2D eigenvalue weighted by Gasteiger charge is -2.19. The first kappa shape index (κ1) is 92.4. The van der Waals surface area contributed by atoms with Crippen molar-refractivity contribution in [2.45, 2.75) is 386 Å². The van der Waals surface area contributed by atoms with Crippen molar-refractivity contribution in [2.24, 2.45) is 5.73 Å². The van der Waals surface area contributed by atoms with E-state index in [1.165, 1.54) is 238 Å². The van der Waals surface area contributed by atoms with Gasteiger partial charge in [-0.25, -0.2) is 4.57 Å². The van der Waals surface area contributed by atoms with Crippen LogP contribution in [0.3, 0.4) is 0 Å². The molecule has 0 aliphatic heterocycles. The molecule has 0 aromatic carbocycles. The van der Waals surface area contributed by atoms with E-state index in [1.807, 2.05) is 0 Å². The minimum absolute atomic E-state index is 0.0497. The molecule has 0 spiro atoms. The van der Waals surface area contributed by atoms with E-state index in [0.717, 1.165) is 109 Å². The number of carbonyl (C=O) groups excluding carboxylic acids is 2. The molecule has 2 unspecified atom stereocenters. The van der Waals surface area contributed by atoms with Gasteiger partial charge in [0.05, 0.1) is 13.2 Å². The molecule has 0 fully saturated rings. The number of phosphoric acid groups is 1. The molecule has 9 nitrogen and oxygen atoms in total. The number of hydrogen-bond acceptors (Lipinski definition) is 8. The zero-order valence-corrected chi connectivity index (χ0v) is 63.5. The molecule has 2 atom stereocenters. The predicted molar refractivity (Wildman–Crippen MR) is 418 cm³/mol. The number of carbonyl (C=O) groups is 2. The molecule has 0 rings (SSSR count). The average molecular weight is 1360 g/mol. The number of unbranched alkanes of at least 4 members (excludes halogenated alkanes) is 43. The standard InChI is InChI=1S/C86H152NO8P/c1-3-5-7-9-11-13-15-17-19-21-23-25-27-29-31-33-35-37-39-40-41-42-43-44-45-47-49-51-53-55-57-59-61-63-65-67-69-71-73-75-77-79-86(89)95-84(83-94-96(90,91)93-81-80-87)82-92-85(88)78-76-74-72-70-68-66-64-62-60-58-56-54-52-50-48-46-38-36-34-32-30-28-26-24-22-20-18-16-14-12-10-8-6-4-2/h5,7,11,13,17,19,23,25,29,31,35,37,40-41,43-44,47,49,53,55,84H,3-4,6,8-10,12,14-16,18,20-22,24,26-28,30,32-34,36,38-39,42,45-46,48,50-52,54,56-83,87H2,1-2H3,(H,90,91)/b7-5-,13-11-,19-17-,25-23-,31-29-,37-35-,41-40-,44-43-,49-47-,55-53-. The number of ether oxygens (including phenoxy) is 2. The van der Waals surface area contributed by atoms with Crippen LogP contribution in [0, 0.1) is 0 Å². The number of allylic oxidation sites excluding steroid dienone is 20. The number of hydrogen-bond donors (Lipinski definition) is 2. The van der Waals surface area contributed by atoms with Crippen molar-refractivity contribution in [1.82, 2.24) is 0 Å². The molecule has 0 saturated heterocycles. The summed E-state index contributed by atoms with van der Waals surface area (Å²) in [6, 6.07) is 0. The van der Waals surface area contributed by atoms with Crippen molar-refractivity contribution < 1.29 is 37.6 Å². The number of nitrogens with two attached hydrogens (primary N) is 1. The fourth-order valence-corrected chi connectivity index (χ4v) is 12.4. The summed E-state index contributed by atoms with van der Waals surface area (Å²) in [7, 11) is -4.40. The fourth-order valence-electron chi connectivity index (χ4n) is 11.7. The number of esters is 2. The molecule has 0 aliphatic rings. The van der Waals surface area contributed by atoms with Crippen LogP contribution in [0.2, 0.25) is 0 Å². The van der Waals surface area contributed by atoms with Gasteiger partial charge < -0.3 is 20.1 Å². The van der Waals surface area contributed by atoms with Gasteiger partial charge in [-0.3, -0.25) is 18.6 Å². The molecule has 554 valence electrons. The van der Waals surface area contributed by atoms with Crippen LogP contribution < -0.4 is 5.73 Å². The van der Waals surface area contributed by atoms with E-state index in [0.29, 0.717) is 6.42 Å². The van der Waals surface area contributed by atoms with Crippen molar-refractivity contribution in [2.75, 3.05) is 26.4 Å². The van der Waals surface area contributed by atoms with Crippen molar-refractivity contribution in [1.29, 1.82) is 0 Å². The van der Waals surface area contributed by atoms with Gasteiger partial charge >= 0.3 is 19.8 Å². The van der Waals surface area contributed by atoms with Crippen LogP contribution in [0.25, 0.3) is 0 Å². The fraction of sp³-hybridized carbons (Fsp3) is 0.744. The van der Waals surface area contributed by atoms with E-state index in [4.69, 9.17) is 24.3 Å². The Kier molecular flexibility index (Phi) is 77.4. The Bertz CT molecular complexity index is 2000. The summed E-state index contributed by atoms with van der Waals surface area (Å²) in [5, 5.41) is 0. The second-order valence-electron chi connectivity index (χ2n) is 26.9. The van der Waals surface area contributed by atoms with Crippen LogP contribution in [0.5, 0.6) is 0 Å². The first-order chi connectivity index (χ1) is 47.3. The maximum atomic E-state index is 12.8. The molecule has 96 heavy (non-hydrogen) atoms. The second kappa shape index (κ2) is 80.4. The molecular weight excluding hydrogens is 1210 g/mol. The van der Waals surface area contributed by atoms with E-state index in [-0.39, 0.29) is 38.6 Å². The third kappa shape index (κ3) is 79.4. The van der Waals surface area contributed by atoms with Crippen LogP contribution in [0.15, 0.2) is 122 Å². The molecule has 0 aromatic heterocycles. The maximum Gasteiger partial charge on any atom is 0.472 e. The number of phosphoric ester groups is 1. The zero-order valence-electron chi connectivity index (χ0n) is 62.6. The summed E-state index contributed by atoms with van der Waals surface area (Å²) in [6.07, 6.45) is 113. The maximum absolute atomic E-state index is 12.8. The van der Waals surface area contributed by atoms with E-state index in [1.54, 1.807) is 0 Å². The Morgan fingerprint density at radius 3 is 0.854 bits per heavy atom. The molecule has 10 heteroatoms. The van der Waals surface area contributed by atoms with Crippen LogP contribution >= 0.6 is 7.82 Å². The van der Waals surface area contributed by atoms with Crippen LogP contribution in [-0.4, -0.2) is 49.3 Å². The molecule has 3 N–H and O–H groups in total. The predicted octanol–water partition coefficient (Wildman–Crippen LogP) is 27.4. The molecule has 0 bridgehead atoms. The van der Waals surface area contributed by atoms with E-state index in [2.05, 4.69) is 135 Å². The monoisotopic (exact) mass is 1360 g/mol. The highest BCUT2D eigenvalue weighted by Gasteiger charge is 2.26. The Morgan fingerprint density at radius 2 is 0.573 bits per heavy atom. The quantitative estimate of drug-likeness (QED) is 0.0264. The molecule has 0 heterocycles. The highest BCUT2D eigenvalue weighted by Crippen LogP contribution is 2.43. The summed E-state index contributed by atoms with van der Waals surface area (Å²) in [5.74, 6) is -0.822. The van der Waals surface area contributed by atoms with Gasteiger partial charge in [-0.05, 0) is 89.9 Å². The van der Waals surface area contributed by atoms with Crippen molar-refractivity contribution >= 4 is 19.8 Å². The third-order valence-electron chi connectivity index (χ3n) is 17.6. The molecule has 0 radical (unpaired) electrons. The molecule has 0 amide bonds. The highest BCUT2D eigenvalue weighted by atomic mass is 31.2. The summed E-state index contributed by atoms with van der Waals surface area (Å²) in [4.78, 5) is 35.5. The summed E-state index contributed by atoms with van der Waals surface area (Å²) < 4.78 is 33.3. The highest BCUT2D eigenvalue weighted by molar-refractivity contribution is 7.47. The number of rotatable bonds is 76. The van der Waals surface area contributed by atoms with Gasteiger partial charge in [-0.1, -0.05) is 399 Å². The SMILES string of the molecule is CC/C=C\C/C=C\C/C=C\C/C=C\C/C=C\C/C=C\C/C=C\C/C=C\C/C=C\C/C=C\CCCCCCCCCCCCC(=O)OC(COC(=O)CCCCCCCCCCCCCCCCCCCCCCCCCCCCCCCCCCCC)COP(=O)(O)OCCN. The van der Waals surface area contributed by atoms with Gasteiger partial charge in [-0.15, -0.1) is 0 Å². The van der Waals surface area contributed by atoms with Crippen LogP contribution in [-0.2, 0) is 32.7 Å². The van der Waals surface area contributed by atoms with E-state index >= 15 is 0 Å². The summed E-state index contributed by atoms with van der Waals surface area (Å²) >= 11 is 0. The Morgan fingerprint density at radius 1 is 0.323 bits per heavy atom. The average Bonchev–Trinajstić information content (AvgIpc) is 2.32. The first-order valence-corrected chi connectivity index (χ1v) is 42.0. The van der Waals surface area contributed by atoms with Gasteiger partial charge in [0, 0.05) is 19.4 Å². The topological polar surface area (TPSA) is 134 Å². The Balaban J connectivity index is 3.85. The minimum Gasteiger partial charge on any atom is -0.462 e. The van der Waals surface area contributed by atoms with Crippen molar-refractivity contribution in [3.05, 3.63) is 122 Å². The molecule has 0 aromatic rings. The normalized spacial score (nSPS) is 13.5. The lowest BCUT2D eigenvalue weighted by Crippen LogP contribution is -2.29. The van der Waals surface area contributed by atoms with Gasteiger partial charge in [0.25, 0.3) is 0 Å². The van der Waals surface area contributed by atoms with Crippen LogP contribution in [0.1, 0.15) is 380 Å². The van der Waals surface area contributed by atoms with Gasteiger partial charge in [0.15, 0.2) is 6.10 Å². The van der Waals surface area contributed by atoms with Gasteiger partial charge in [-0.2, -0.15) is 0 Å². The minimum atomic E-state index is -4.40. The smallest absolute Gasteiger partial charge is 0.462 e. The lowest BCUT2D eigenvalue weighted by molar-refractivity contribution is -0.161. The van der Waals surface area contributed by atoms with E-state index in [9.17, 15) is 19.0 Å². The van der Waals surface area contributed by atoms with Crippen molar-refractivity contribution in [3.8, 4) is 0 Å². The largest absolute Gasteiger partial charge is 0.472 e. The second-order valence-corrected chi connectivity index (χ2v) is 28.4. The van der Waals surface area contributed by atoms with Gasteiger partial charge in [0.2, 0.25) is 0 Å². The first-order valence-electron chi connectivity index (χ1n) is 40.5. The third-order valence-corrected chi connectivity index (χ3v) is 18.6. The summed E-state index contributed by atoms with van der Waals surface area (Å²) in [5.41, 5.74) is 5.42. The molecule has 0 saturated carbocycles. The Hall–Kier alpha value is -3.59.